The standard InChI is InChI=1S/C20H19F6NO/c21-19(22,23)16-9-14(10-17(11-16)20(24,25)26)12-28-13-18(7-4-8-27-18)15-5-2-1-3-6-15/h1-3,5-6,9-11,27H,4,7-8,12-13H2/t18-/m0/s1. The molecule has 1 atom stereocenters. The van der Waals surface area contributed by atoms with Gasteiger partial charge in [0.1, 0.15) is 0 Å². The van der Waals surface area contributed by atoms with Gasteiger partial charge < -0.3 is 10.1 Å². The molecule has 2 nitrogen and oxygen atoms in total. The average molecular weight is 403 g/mol. The molecule has 0 aliphatic carbocycles. The molecular formula is C20H19F6NO. The van der Waals surface area contributed by atoms with Crippen LogP contribution in [0.15, 0.2) is 48.5 Å². The third kappa shape index (κ3) is 4.67. The van der Waals surface area contributed by atoms with Crippen LogP contribution >= 0.6 is 0 Å². The number of hydrogen-bond acceptors (Lipinski definition) is 2. The van der Waals surface area contributed by atoms with Gasteiger partial charge in [0, 0.05) is 0 Å². The molecule has 2 aromatic carbocycles. The van der Waals surface area contributed by atoms with E-state index in [2.05, 4.69) is 5.32 Å². The Morgan fingerprint density at radius 1 is 0.893 bits per heavy atom. The molecule has 0 unspecified atom stereocenters. The molecule has 2 aromatic rings. The zero-order valence-corrected chi connectivity index (χ0v) is 14.8. The zero-order valence-electron chi connectivity index (χ0n) is 14.8. The Kier molecular flexibility index (Phi) is 5.72. The van der Waals surface area contributed by atoms with Gasteiger partial charge in [0.05, 0.1) is 29.9 Å². The maximum atomic E-state index is 13.0. The van der Waals surface area contributed by atoms with Gasteiger partial charge in [0.2, 0.25) is 0 Å². The monoisotopic (exact) mass is 403 g/mol. The van der Waals surface area contributed by atoms with Gasteiger partial charge in [-0.1, -0.05) is 30.3 Å². The Morgan fingerprint density at radius 3 is 2.00 bits per heavy atom. The van der Waals surface area contributed by atoms with Crippen molar-refractivity contribution >= 4 is 0 Å². The van der Waals surface area contributed by atoms with Crippen LogP contribution in [0.2, 0.25) is 0 Å². The van der Waals surface area contributed by atoms with Crippen LogP contribution in [-0.2, 0) is 29.2 Å². The van der Waals surface area contributed by atoms with Crippen molar-refractivity contribution < 1.29 is 31.1 Å². The van der Waals surface area contributed by atoms with Crippen molar-refractivity contribution in [2.24, 2.45) is 0 Å². The van der Waals surface area contributed by atoms with E-state index in [1.54, 1.807) is 0 Å². The predicted molar refractivity (Wildman–Crippen MR) is 91.5 cm³/mol. The highest BCUT2D eigenvalue weighted by atomic mass is 19.4. The number of halogens is 6. The topological polar surface area (TPSA) is 21.3 Å². The molecule has 8 heteroatoms. The molecule has 3 rings (SSSR count). The van der Waals surface area contributed by atoms with Crippen molar-refractivity contribution in [3.05, 3.63) is 70.8 Å². The number of alkyl halides is 6. The van der Waals surface area contributed by atoms with Crippen LogP contribution < -0.4 is 5.32 Å². The molecule has 0 spiro atoms. The van der Waals surface area contributed by atoms with Gasteiger partial charge in [-0.2, -0.15) is 26.3 Å². The van der Waals surface area contributed by atoms with Gasteiger partial charge in [0.15, 0.2) is 0 Å². The lowest BCUT2D eigenvalue weighted by molar-refractivity contribution is -0.143. The Bertz CT molecular complexity index is 762. The first-order chi connectivity index (χ1) is 13.1. The quantitative estimate of drug-likeness (QED) is 0.664. The average Bonchev–Trinajstić information content (AvgIpc) is 3.11. The van der Waals surface area contributed by atoms with E-state index in [0.29, 0.717) is 12.1 Å². The van der Waals surface area contributed by atoms with Crippen molar-refractivity contribution in [3.63, 3.8) is 0 Å². The van der Waals surface area contributed by atoms with E-state index in [1.165, 1.54) is 0 Å². The summed E-state index contributed by atoms with van der Waals surface area (Å²) in [7, 11) is 0. The summed E-state index contributed by atoms with van der Waals surface area (Å²) in [6.45, 7) is 0.567. The van der Waals surface area contributed by atoms with Crippen LogP contribution in [0, 0.1) is 0 Å². The molecule has 1 N–H and O–H groups in total. The summed E-state index contributed by atoms with van der Waals surface area (Å²) in [5, 5.41) is 3.36. The predicted octanol–water partition coefficient (Wildman–Crippen LogP) is 5.52. The molecule has 0 bridgehead atoms. The summed E-state index contributed by atoms with van der Waals surface area (Å²) in [6, 6.07) is 11.0. The molecule has 0 saturated carbocycles. The van der Waals surface area contributed by atoms with Gasteiger partial charge in [-0.15, -0.1) is 0 Å². The van der Waals surface area contributed by atoms with Crippen molar-refractivity contribution in [2.45, 2.75) is 37.3 Å². The number of hydrogen-bond donors (Lipinski definition) is 1. The molecule has 1 heterocycles. The first-order valence-corrected chi connectivity index (χ1v) is 8.77. The first-order valence-electron chi connectivity index (χ1n) is 8.77. The van der Waals surface area contributed by atoms with E-state index >= 15 is 0 Å². The summed E-state index contributed by atoms with van der Waals surface area (Å²) in [4.78, 5) is 0. The minimum atomic E-state index is -4.87. The van der Waals surface area contributed by atoms with Crippen molar-refractivity contribution in [1.82, 2.24) is 5.32 Å². The van der Waals surface area contributed by atoms with E-state index in [0.717, 1.165) is 24.9 Å². The number of rotatable bonds is 5. The Hall–Kier alpha value is -2.06. The lowest BCUT2D eigenvalue weighted by Crippen LogP contribution is -2.41. The second-order valence-corrected chi connectivity index (χ2v) is 6.89. The molecule has 152 valence electrons. The highest BCUT2D eigenvalue weighted by Crippen LogP contribution is 2.37. The fraction of sp³-hybridized carbons (Fsp3) is 0.400. The summed E-state index contributed by atoms with van der Waals surface area (Å²) in [6.07, 6.45) is -8.06. The van der Waals surface area contributed by atoms with Crippen molar-refractivity contribution in [3.8, 4) is 0 Å². The number of benzene rings is 2. The van der Waals surface area contributed by atoms with Crippen LogP contribution in [0.25, 0.3) is 0 Å². The van der Waals surface area contributed by atoms with Gasteiger partial charge in [-0.3, -0.25) is 0 Å². The van der Waals surface area contributed by atoms with Crippen LogP contribution in [0.4, 0.5) is 26.3 Å². The highest BCUT2D eigenvalue weighted by molar-refractivity contribution is 5.33. The second-order valence-electron chi connectivity index (χ2n) is 6.89. The SMILES string of the molecule is FC(F)(F)c1cc(COC[C@]2(c3ccccc3)CCCN2)cc(C(F)(F)F)c1. The van der Waals surface area contributed by atoms with Crippen LogP contribution in [-0.4, -0.2) is 13.2 Å². The smallest absolute Gasteiger partial charge is 0.374 e. The minimum Gasteiger partial charge on any atom is -0.374 e. The van der Waals surface area contributed by atoms with E-state index < -0.39 is 29.0 Å². The summed E-state index contributed by atoms with van der Waals surface area (Å²) in [5.41, 5.74) is -2.35. The fourth-order valence-corrected chi connectivity index (χ4v) is 3.46. The normalized spacial score (nSPS) is 20.5. The molecule has 1 aliphatic rings. The van der Waals surface area contributed by atoms with E-state index in [-0.39, 0.29) is 24.8 Å². The molecule has 1 aliphatic heterocycles. The maximum Gasteiger partial charge on any atom is 0.416 e. The molecule has 0 amide bonds. The largest absolute Gasteiger partial charge is 0.416 e. The Balaban J connectivity index is 1.78. The summed E-state index contributed by atoms with van der Waals surface area (Å²) in [5.74, 6) is 0. The van der Waals surface area contributed by atoms with Crippen molar-refractivity contribution in [2.75, 3.05) is 13.2 Å². The number of ether oxygens (including phenoxy) is 1. The number of nitrogens with one attached hydrogen (secondary N) is 1. The molecule has 1 fully saturated rings. The van der Waals surface area contributed by atoms with Crippen LogP contribution in [0.3, 0.4) is 0 Å². The summed E-state index contributed by atoms with van der Waals surface area (Å²) >= 11 is 0. The van der Waals surface area contributed by atoms with Gasteiger partial charge in [0.25, 0.3) is 0 Å². The Labute approximate surface area is 158 Å². The van der Waals surface area contributed by atoms with Crippen LogP contribution in [0.5, 0.6) is 0 Å². The molecular weight excluding hydrogens is 384 g/mol. The lowest BCUT2D eigenvalue weighted by atomic mass is 9.89. The van der Waals surface area contributed by atoms with Gasteiger partial charge in [-0.05, 0) is 48.7 Å². The van der Waals surface area contributed by atoms with E-state index in [9.17, 15) is 26.3 Å². The zero-order chi connectivity index (χ0) is 20.4. The third-order valence-corrected chi connectivity index (χ3v) is 4.83. The van der Waals surface area contributed by atoms with Gasteiger partial charge in [-0.25, -0.2) is 0 Å². The molecule has 0 radical (unpaired) electrons. The minimum absolute atomic E-state index is 0.119. The lowest BCUT2D eigenvalue weighted by Gasteiger charge is -2.30. The fourth-order valence-electron chi connectivity index (χ4n) is 3.46. The third-order valence-electron chi connectivity index (χ3n) is 4.83. The molecule has 1 saturated heterocycles. The first kappa shape index (κ1) is 20.7. The van der Waals surface area contributed by atoms with E-state index in [1.807, 2.05) is 30.3 Å². The van der Waals surface area contributed by atoms with Gasteiger partial charge >= 0.3 is 12.4 Å². The molecule has 0 aromatic heterocycles. The van der Waals surface area contributed by atoms with Crippen LogP contribution in [0.1, 0.15) is 35.1 Å². The van der Waals surface area contributed by atoms with Crippen molar-refractivity contribution in [1.29, 1.82) is 0 Å². The summed E-state index contributed by atoms with van der Waals surface area (Å²) < 4.78 is 83.4. The Morgan fingerprint density at radius 2 is 1.50 bits per heavy atom. The molecule has 28 heavy (non-hydrogen) atoms. The maximum absolute atomic E-state index is 13.0. The van der Waals surface area contributed by atoms with E-state index in [4.69, 9.17) is 4.74 Å². The second kappa shape index (κ2) is 7.75. The highest BCUT2D eigenvalue weighted by Gasteiger charge is 2.38.